The maximum atomic E-state index is 11.5. The SMILES string of the molecule is O=C(NOC1CCCC1)c1cc(Br)c[nH]1. The van der Waals surface area contributed by atoms with Crippen LogP contribution in [0.5, 0.6) is 0 Å². The number of H-pyrrole nitrogens is 1. The molecule has 0 unspecified atom stereocenters. The number of hydrogen-bond donors (Lipinski definition) is 2. The number of amides is 1. The molecule has 1 heterocycles. The highest BCUT2D eigenvalue weighted by Gasteiger charge is 2.17. The van der Waals surface area contributed by atoms with E-state index < -0.39 is 0 Å². The van der Waals surface area contributed by atoms with E-state index in [1.54, 1.807) is 12.3 Å². The summed E-state index contributed by atoms with van der Waals surface area (Å²) in [6, 6.07) is 1.72. The third-order valence-electron chi connectivity index (χ3n) is 2.51. The molecular formula is C10H13BrN2O2. The van der Waals surface area contributed by atoms with E-state index in [1.165, 1.54) is 12.8 Å². The van der Waals surface area contributed by atoms with Crippen LogP contribution >= 0.6 is 15.9 Å². The predicted octanol–water partition coefficient (Wildman–Crippen LogP) is 2.38. The molecule has 0 bridgehead atoms. The molecule has 82 valence electrons. The Morgan fingerprint density at radius 2 is 2.27 bits per heavy atom. The van der Waals surface area contributed by atoms with Gasteiger partial charge in [0.1, 0.15) is 5.69 Å². The lowest BCUT2D eigenvalue weighted by molar-refractivity contribution is -0.0127. The molecule has 1 aromatic rings. The smallest absolute Gasteiger partial charge is 0.291 e. The first-order valence-electron chi connectivity index (χ1n) is 5.05. The number of hydroxylamine groups is 1. The predicted molar refractivity (Wildman–Crippen MR) is 59.3 cm³/mol. The van der Waals surface area contributed by atoms with Crippen molar-refractivity contribution in [3.63, 3.8) is 0 Å². The molecule has 0 saturated heterocycles. The van der Waals surface area contributed by atoms with Gasteiger partial charge in [0, 0.05) is 10.7 Å². The summed E-state index contributed by atoms with van der Waals surface area (Å²) < 4.78 is 0.855. The second kappa shape index (κ2) is 4.81. The van der Waals surface area contributed by atoms with E-state index in [9.17, 15) is 4.79 Å². The zero-order valence-electron chi connectivity index (χ0n) is 8.25. The lowest BCUT2D eigenvalue weighted by atomic mass is 10.3. The zero-order chi connectivity index (χ0) is 10.7. The number of carbonyl (C=O) groups excluding carboxylic acids is 1. The number of hydrogen-bond acceptors (Lipinski definition) is 2. The van der Waals surface area contributed by atoms with Crippen LogP contribution in [0.25, 0.3) is 0 Å². The molecule has 15 heavy (non-hydrogen) atoms. The van der Waals surface area contributed by atoms with E-state index in [-0.39, 0.29) is 12.0 Å². The normalized spacial score (nSPS) is 16.9. The van der Waals surface area contributed by atoms with Crippen molar-refractivity contribution >= 4 is 21.8 Å². The highest BCUT2D eigenvalue weighted by atomic mass is 79.9. The highest BCUT2D eigenvalue weighted by molar-refractivity contribution is 9.10. The Morgan fingerprint density at radius 3 is 2.87 bits per heavy atom. The lowest BCUT2D eigenvalue weighted by Crippen LogP contribution is -2.28. The minimum absolute atomic E-state index is 0.187. The van der Waals surface area contributed by atoms with Crippen molar-refractivity contribution in [2.24, 2.45) is 0 Å². The van der Waals surface area contributed by atoms with Crippen LogP contribution in [0.2, 0.25) is 0 Å². The van der Waals surface area contributed by atoms with Crippen molar-refractivity contribution in [1.29, 1.82) is 0 Å². The molecule has 2 N–H and O–H groups in total. The fourth-order valence-electron chi connectivity index (χ4n) is 1.70. The van der Waals surface area contributed by atoms with Gasteiger partial charge in [-0.25, -0.2) is 5.48 Å². The van der Waals surface area contributed by atoms with E-state index in [4.69, 9.17) is 4.84 Å². The van der Waals surface area contributed by atoms with Gasteiger partial charge in [0.15, 0.2) is 0 Å². The Hall–Kier alpha value is -0.810. The maximum Gasteiger partial charge on any atom is 0.291 e. The van der Waals surface area contributed by atoms with Gasteiger partial charge < -0.3 is 4.98 Å². The van der Waals surface area contributed by atoms with Crippen molar-refractivity contribution in [1.82, 2.24) is 10.5 Å². The molecule has 4 nitrogen and oxygen atoms in total. The number of carbonyl (C=O) groups is 1. The Bertz CT molecular complexity index is 345. The van der Waals surface area contributed by atoms with E-state index in [0.717, 1.165) is 17.3 Å². The quantitative estimate of drug-likeness (QED) is 0.831. The van der Waals surface area contributed by atoms with Crippen LogP contribution in [0.1, 0.15) is 36.2 Å². The molecule has 1 amide bonds. The van der Waals surface area contributed by atoms with Gasteiger partial charge in [0.25, 0.3) is 5.91 Å². The van der Waals surface area contributed by atoms with Gasteiger partial charge in [-0.3, -0.25) is 9.63 Å². The van der Waals surface area contributed by atoms with Crippen molar-refractivity contribution in [2.75, 3.05) is 0 Å². The molecule has 1 fully saturated rings. The second-order valence-corrected chi connectivity index (χ2v) is 4.60. The van der Waals surface area contributed by atoms with Gasteiger partial charge in [-0.15, -0.1) is 0 Å². The fraction of sp³-hybridized carbons (Fsp3) is 0.500. The van der Waals surface area contributed by atoms with Gasteiger partial charge in [-0.1, -0.05) is 12.8 Å². The van der Waals surface area contributed by atoms with Crippen LogP contribution in [-0.2, 0) is 4.84 Å². The van der Waals surface area contributed by atoms with Crippen molar-refractivity contribution in [2.45, 2.75) is 31.8 Å². The fourth-order valence-corrected chi connectivity index (χ4v) is 2.04. The maximum absolute atomic E-state index is 11.5. The molecule has 0 radical (unpaired) electrons. The number of halogens is 1. The van der Waals surface area contributed by atoms with E-state index >= 15 is 0 Å². The standard InChI is InChI=1S/C10H13BrN2O2/c11-7-5-9(12-6-7)10(14)13-15-8-3-1-2-4-8/h5-6,8,12H,1-4H2,(H,13,14). The third-order valence-corrected chi connectivity index (χ3v) is 2.97. The van der Waals surface area contributed by atoms with E-state index in [0.29, 0.717) is 5.69 Å². The monoisotopic (exact) mass is 272 g/mol. The average molecular weight is 273 g/mol. The molecule has 1 saturated carbocycles. The summed E-state index contributed by atoms with van der Waals surface area (Å²) in [6.45, 7) is 0. The molecule has 0 atom stereocenters. The summed E-state index contributed by atoms with van der Waals surface area (Å²) in [5.41, 5.74) is 2.96. The second-order valence-electron chi connectivity index (χ2n) is 3.69. The van der Waals surface area contributed by atoms with E-state index in [2.05, 4.69) is 26.4 Å². The van der Waals surface area contributed by atoms with Crippen LogP contribution in [0.4, 0.5) is 0 Å². The van der Waals surface area contributed by atoms with Gasteiger partial charge in [0.05, 0.1) is 6.10 Å². The van der Waals surface area contributed by atoms with Crippen LogP contribution in [0, 0.1) is 0 Å². The molecular weight excluding hydrogens is 260 g/mol. The number of rotatable bonds is 3. The van der Waals surface area contributed by atoms with E-state index in [1.807, 2.05) is 0 Å². The molecule has 2 rings (SSSR count). The molecule has 1 aliphatic rings. The summed E-state index contributed by atoms with van der Waals surface area (Å²) in [5.74, 6) is -0.229. The molecule has 0 spiro atoms. The minimum atomic E-state index is -0.229. The number of nitrogens with one attached hydrogen (secondary N) is 2. The largest absolute Gasteiger partial charge is 0.356 e. The van der Waals surface area contributed by atoms with Crippen LogP contribution in [0.15, 0.2) is 16.7 Å². The number of aromatic amines is 1. The topological polar surface area (TPSA) is 54.1 Å². The molecule has 1 aromatic heterocycles. The molecule has 0 aromatic carbocycles. The lowest BCUT2D eigenvalue weighted by Gasteiger charge is -2.10. The summed E-state index contributed by atoms with van der Waals surface area (Å²) in [4.78, 5) is 19.7. The van der Waals surface area contributed by atoms with Crippen molar-refractivity contribution in [3.8, 4) is 0 Å². The summed E-state index contributed by atoms with van der Waals surface area (Å²) in [5, 5.41) is 0. The summed E-state index contributed by atoms with van der Waals surface area (Å²) in [6.07, 6.45) is 6.35. The van der Waals surface area contributed by atoms with Gasteiger partial charge in [-0.2, -0.15) is 0 Å². The zero-order valence-corrected chi connectivity index (χ0v) is 9.84. The first-order chi connectivity index (χ1) is 7.25. The molecule has 1 aliphatic carbocycles. The minimum Gasteiger partial charge on any atom is -0.356 e. The van der Waals surface area contributed by atoms with Gasteiger partial charge >= 0.3 is 0 Å². The Kier molecular flexibility index (Phi) is 3.43. The van der Waals surface area contributed by atoms with Crippen LogP contribution in [0.3, 0.4) is 0 Å². The average Bonchev–Trinajstić information content (AvgIpc) is 2.84. The van der Waals surface area contributed by atoms with Crippen molar-refractivity contribution in [3.05, 3.63) is 22.4 Å². The third kappa shape index (κ3) is 2.82. The molecule has 5 heteroatoms. The van der Waals surface area contributed by atoms with Gasteiger partial charge in [-0.05, 0) is 34.8 Å². The highest BCUT2D eigenvalue weighted by Crippen LogP contribution is 2.20. The Labute approximate surface area is 96.5 Å². The Morgan fingerprint density at radius 1 is 1.53 bits per heavy atom. The first kappa shape index (κ1) is 10.7. The molecule has 0 aliphatic heterocycles. The van der Waals surface area contributed by atoms with Crippen molar-refractivity contribution < 1.29 is 9.63 Å². The summed E-state index contributed by atoms with van der Waals surface area (Å²) >= 11 is 3.27. The van der Waals surface area contributed by atoms with Crippen LogP contribution in [-0.4, -0.2) is 17.0 Å². The summed E-state index contributed by atoms with van der Waals surface area (Å²) in [7, 11) is 0. The Balaban J connectivity index is 1.81. The number of aromatic nitrogens is 1. The van der Waals surface area contributed by atoms with Crippen LogP contribution < -0.4 is 5.48 Å². The first-order valence-corrected chi connectivity index (χ1v) is 5.85. The van der Waals surface area contributed by atoms with Gasteiger partial charge in [0.2, 0.25) is 0 Å².